The van der Waals surface area contributed by atoms with Crippen molar-refractivity contribution in [3.8, 4) is 0 Å². The molecule has 1 aliphatic carbocycles. The lowest BCUT2D eigenvalue weighted by molar-refractivity contribution is 0.0919. The van der Waals surface area contributed by atoms with Gasteiger partial charge in [0.1, 0.15) is 0 Å². The number of amides is 1. The molecule has 19 heavy (non-hydrogen) atoms. The molecule has 0 spiro atoms. The van der Waals surface area contributed by atoms with Crippen LogP contribution in [0.1, 0.15) is 54.9 Å². The molecular formula is C16H22BrNO. The number of halogens is 1. The predicted octanol–water partition coefficient (Wildman–Crippen LogP) is 4.28. The zero-order valence-electron chi connectivity index (χ0n) is 11.5. The highest BCUT2D eigenvalue weighted by Gasteiger charge is 2.21. The predicted molar refractivity (Wildman–Crippen MR) is 82.6 cm³/mol. The third-order valence-electron chi connectivity index (χ3n) is 4.09. The Morgan fingerprint density at radius 2 is 1.89 bits per heavy atom. The van der Waals surface area contributed by atoms with Gasteiger partial charge < -0.3 is 5.32 Å². The van der Waals surface area contributed by atoms with Crippen molar-refractivity contribution in [3.05, 3.63) is 35.4 Å². The molecule has 1 aromatic carbocycles. The highest BCUT2D eigenvalue weighted by molar-refractivity contribution is 9.08. The number of hydrogen-bond donors (Lipinski definition) is 1. The summed E-state index contributed by atoms with van der Waals surface area (Å²) in [7, 11) is 0. The Morgan fingerprint density at radius 3 is 2.47 bits per heavy atom. The van der Waals surface area contributed by atoms with Crippen molar-refractivity contribution >= 4 is 21.8 Å². The largest absolute Gasteiger partial charge is 0.349 e. The van der Waals surface area contributed by atoms with Crippen LogP contribution in [0, 0.1) is 5.92 Å². The molecule has 0 radical (unpaired) electrons. The van der Waals surface area contributed by atoms with Gasteiger partial charge in [0.25, 0.3) is 5.91 Å². The minimum Gasteiger partial charge on any atom is -0.349 e. The van der Waals surface area contributed by atoms with Crippen molar-refractivity contribution in [1.82, 2.24) is 5.32 Å². The number of rotatable bonds is 4. The Kier molecular flexibility index (Phi) is 5.44. The van der Waals surface area contributed by atoms with Gasteiger partial charge in [0, 0.05) is 16.9 Å². The zero-order chi connectivity index (χ0) is 13.7. The van der Waals surface area contributed by atoms with Gasteiger partial charge in [-0.05, 0) is 43.4 Å². The van der Waals surface area contributed by atoms with Crippen LogP contribution >= 0.6 is 15.9 Å². The Hall–Kier alpha value is -0.830. The van der Waals surface area contributed by atoms with E-state index in [4.69, 9.17) is 0 Å². The fourth-order valence-electron chi connectivity index (χ4n) is 2.79. The average molecular weight is 324 g/mol. The van der Waals surface area contributed by atoms with E-state index in [1.165, 1.54) is 37.7 Å². The van der Waals surface area contributed by atoms with Crippen molar-refractivity contribution in [3.63, 3.8) is 0 Å². The molecule has 1 aliphatic rings. The van der Waals surface area contributed by atoms with E-state index in [9.17, 15) is 4.79 Å². The molecule has 0 unspecified atom stereocenters. The maximum absolute atomic E-state index is 12.2. The van der Waals surface area contributed by atoms with Crippen LogP contribution in [0.3, 0.4) is 0 Å². The molecule has 1 saturated carbocycles. The second-order valence-corrected chi connectivity index (χ2v) is 6.05. The number of nitrogens with one attached hydrogen (secondary N) is 1. The highest BCUT2D eigenvalue weighted by atomic mass is 79.9. The monoisotopic (exact) mass is 323 g/mol. The lowest BCUT2D eigenvalue weighted by atomic mass is 9.84. The molecule has 0 bridgehead atoms. The molecule has 1 aromatic rings. The van der Waals surface area contributed by atoms with E-state index < -0.39 is 0 Å². The summed E-state index contributed by atoms with van der Waals surface area (Å²) < 4.78 is 0. The molecule has 0 aliphatic heterocycles. The Bertz CT molecular complexity index is 409. The van der Waals surface area contributed by atoms with Crippen molar-refractivity contribution in [2.75, 3.05) is 0 Å². The van der Waals surface area contributed by atoms with Crippen LogP contribution in [0.25, 0.3) is 0 Å². The van der Waals surface area contributed by atoms with Gasteiger partial charge in [-0.2, -0.15) is 0 Å². The third-order valence-corrected chi connectivity index (χ3v) is 4.73. The van der Waals surface area contributed by atoms with E-state index in [-0.39, 0.29) is 11.9 Å². The average Bonchev–Trinajstić information content (AvgIpc) is 2.48. The summed E-state index contributed by atoms with van der Waals surface area (Å²) in [6.45, 7) is 2.14. The number of carbonyl (C=O) groups excluding carboxylic acids is 1. The van der Waals surface area contributed by atoms with Crippen molar-refractivity contribution < 1.29 is 4.79 Å². The molecule has 1 amide bonds. The van der Waals surface area contributed by atoms with Gasteiger partial charge in [-0.25, -0.2) is 0 Å². The quantitative estimate of drug-likeness (QED) is 0.823. The van der Waals surface area contributed by atoms with Gasteiger partial charge in [0.15, 0.2) is 0 Å². The molecule has 2 rings (SSSR count). The second kappa shape index (κ2) is 7.09. The van der Waals surface area contributed by atoms with E-state index in [1.54, 1.807) is 0 Å². The van der Waals surface area contributed by atoms with Gasteiger partial charge in [-0.3, -0.25) is 4.79 Å². The first-order chi connectivity index (χ1) is 9.20. The van der Waals surface area contributed by atoms with E-state index in [1.807, 2.05) is 24.3 Å². The maximum atomic E-state index is 12.2. The van der Waals surface area contributed by atoms with Crippen LogP contribution in [-0.2, 0) is 5.33 Å². The van der Waals surface area contributed by atoms with Crippen LogP contribution < -0.4 is 5.32 Å². The number of carbonyl (C=O) groups is 1. The summed E-state index contributed by atoms with van der Waals surface area (Å²) in [5, 5.41) is 3.98. The molecule has 104 valence electrons. The lowest BCUT2D eigenvalue weighted by Crippen LogP contribution is -2.38. The van der Waals surface area contributed by atoms with Gasteiger partial charge >= 0.3 is 0 Å². The maximum Gasteiger partial charge on any atom is 0.251 e. The summed E-state index contributed by atoms with van der Waals surface area (Å²) in [5.41, 5.74) is 1.95. The molecule has 2 nitrogen and oxygen atoms in total. The number of alkyl halides is 1. The second-order valence-electron chi connectivity index (χ2n) is 5.49. The van der Waals surface area contributed by atoms with Gasteiger partial charge in [-0.15, -0.1) is 0 Å². The first kappa shape index (κ1) is 14.6. The summed E-state index contributed by atoms with van der Waals surface area (Å²) in [6, 6.07) is 8.08. The van der Waals surface area contributed by atoms with Crippen molar-refractivity contribution in [2.24, 2.45) is 5.92 Å². The molecule has 0 heterocycles. The molecule has 1 N–H and O–H groups in total. The summed E-state index contributed by atoms with van der Waals surface area (Å²) in [5.74, 6) is 0.707. The number of hydrogen-bond acceptors (Lipinski definition) is 1. The first-order valence-corrected chi connectivity index (χ1v) is 8.28. The zero-order valence-corrected chi connectivity index (χ0v) is 13.1. The molecule has 0 aromatic heterocycles. The fourth-order valence-corrected chi connectivity index (χ4v) is 3.16. The Labute approximate surface area is 124 Å². The molecule has 1 fully saturated rings. The summed E-state index contributed by atoms with van der Waals surface area (Å²) >= 11 is 3.41. The van der Waals surface area contributed by atoms with Crippen LogP contribution in [0.4, 0.5) is 0 Å². The molecule has 1 atom stereocenters. The topological polar surface area (TPSA) is 29.1 Å². The molecule has 3 heteroatoms. The Morgan fingerprint density at radius 1 is 1.26 bits per heavy atom. The lowest BCUT2D eigenvalue weighted by Gasteiger charge is -2.28. The van der Waals surface area contributed by atoms with Crippen molar-refractivity contribution in [2.45, 2.75) is 50.4 Å². The highest BCUT2D eigenvalue weighted by Crippen LogP contribution is 2.26. The smallest absolute Gasteiger partial charge is 0.251 e. The summed E-state index contributed by atoms with van der Waals surface area (Å²) in [6.07, 6.45) is 6.48. The molecular weight excluding hydrogens is 302 g/mol. The van der Waals surface area contributed by atoms with Crippen LogP contribution in [0.5, 0.6) is 0 Å². The van der Waals surface area contributed by atoms with Crippen LogP contribution in [0.15, 0.2) is 24.3 Å². The van der Waals surface area contributed by atoms with Gasteiger partial charge in [0.2, 0.25) is 0 Å². The van der Waals surface area contributed by atoms with E-state index in [0.717, 1.165) is 10.9 Å². The minimum atomic E-state index is 0.0548. The SMILES string of the molecule is C[C@H](NC(=O)c1ccc(CBr)cc1)C1CCCCC1. The standard InChI is InChI=1S/C16H22BrNO/c1-12(14-5-3-2-4-6-14)18-16(19)15-9-7-13(11-17)8-10-15/h7-10,12,14H,2-6,11H2,1H3,(H,18,19)/t12-/m0/s1. The van der Waals surface area contributed by atoms with Crippen LogP contribution in [0.2, 0.25) is 0 Å². The van der Waals surface area contributed by atoms with Crippen molar-refractivity contribution in [1.29, 1.82) is 0 Å². The van der Waals surface area contributed by atoms with E-state index >= 15 is 0 Å². The third kappa shape index (κ3) is 4.07. The normalized spacial score (nSPS) is 18.0. The summed E-state index contributed by atoms with van der Waals surface area (Å²) in [4.78, 5) is 12.2. The fraction of sp³-hybridized carbons (Fsp3) is 0.562. The van der Waals surface area contributed by atoms with Crippen LogP contribution in [-0.4, -0.2) is 11.9 Å². The molecule has 0 saturated heterocycles. The van der Waals surface area contributed by atoms with E-state index in [2.05, 4.69) is 28.2 Å². The minimum absolute atomic E-state index is 0.0548. The first-order valence-electron chi connectivity index (χ1n) is 7.16. The van der Waals surface area contributed by atoms with Gasteiger partial charge in [-0.1, -0.05) is 47.3 Å². The Balaban J connectivity index is 1.91. The van der Waals surface area contributed by atoms with E-state index in [0.29, 0.717) is 5.92 Å². The number of benzene rings is 1. The van der Waals surface area contributed by atoms with Gasteiger partial charge in [0.05, 0.1) is 0 Å².